The van der Waals surface area contributed by atoms with Crippen molar-refractivity contribution in [2.45, 2.75) is 19.0 Å². The number of rotatable bonds is 8. The fraction of sp³-hybridized carbons (Fsp3) is 0.429. The summed E-state index contributed by atoms with van der Waals surface area (Å²) in [7, 11) is 5.59. The average molecular weight is 385 g/mol. The van der Waals surface area contributed by atoms with Crippen molar-refractivity contribution in [3.05, 3.63) is 54.0 Å². The van der Waals surface area contributed by atoms with Crippen LogP contribution in [0.15, 0.2) is 47.1 Å². The predicted molar refractivity (Wildman–Crippen MR) is 105 cm³/mol. The van der Waals surface area contributed by atoms with E-state index in [1.807, 2.05) is 44.4 Å². The number of nitrogens with zero attached hydrogens (tertiary/aromatic N) is 2. The number of methoxy groups -OCH3 is 1. The maximum Gasteiger partial charge on any atom is 0.225 e. The van der Waals surface area contributed by atoms with Crippen molar-refractivity contribution in [2.75, 3.05) is 34.3 Å². The topological polar surface area (TPSA) is 75.0 Å². The van der Waals surface area contributed by atoms with Crippen LogP contribution in [0.5, 0.6) is 5.75 Å². The first-order valence-electron chi connectivity index (χ1n) is 9.36. The lowest BCUT2D eigenvalue weighted by atomic mass is 10.0. The molecule has 1 aliphatic rings. The number of hydrogen-bond acceptors (Lipinski definition) is 5. The van der Waals surface area contributed by atoms with E-state index in [2.05, 4.69) is 10.2 Å². The molecule has 7 nitrogen and oxygen atoms in total. The van der Waals surface area contributed by atoms with Crippen LogP contribution in [-0.4, -0.2) is 55.9 Å². The van der Waals surface area contributed by atoms with Crippen LogP contribution in [0.2, 0.25) is 0 Å². The van der Waals surface area contributed by atoms with Gasteiger partial charge in [0, 0.05) is 19.5 Å². The third kappa shape index (κ3) is 4.72. The summed E-state index contributed by atoms with van der Waals surface area (Å²) in [5, 5.41) is 3.02. The monoisotopic (exact) mass is 385 g/mol. The molecular weight excluding hydrogens is 358 g/mol. The molecule has 3 rings (SSSR count). The maximum absolute atomic E-state index is 12.6. The molecule has 1 N–H and O–H groups in total. The number of hydrogen-bond donors (Lipinski definition) is 1. The Hall–Kier alpha value is -2.80. The molecule has 2 atom stereocenters. The molecule has 7 heteroatoms. The third-order valence-electron chi connectivity index (χ3n) is 5.11. The number of carbonyl (C=O) groups excluding carboxylic acids is 2. The zero-order chi connectivity index (χ0) is 20.1. The Morgan fingerprint density at radius 1 is 1.32 bits per heavy atom. The van der Waals surface area contributed by atoms with E-state index in [9.17, 15) is 9.59 Å². The van der Waals surface area contributed by atoms with Crippen molar-refractivity contribution in [3.8, 4) is 5.75 Å². The van der Waals surface area contributed by atoms with E-state index in [-0.39, 0.29) is 30.2 Å². The van der Waals surface area contributed by atoms with Gasteiger partial charge in [-0.25, -0.2) is 0 Å². The molecule has 28 heavy (non-hydrogen) atoms. The first kappa shape index (κ1) is 19.9. The second-order valence-electron chi connectivity index (χ2n) is 7.25. The van der Waals surface area contributed by atoms with Crippen molar-refractivity contribution in [1.82, 2.24) is 15.1 Å². The average Bonchev–Trinajstić information content (AvgIpc) is 3.32. The van der Waals surface area contributed by atoms with Crippen molar-refractivity contribution >= 4 is 11.8 Å². The Morgan fingerprint density at radius 2 is 2.07 bits per heavy atom. The van der Waals surface area contributed by atoms with Crippen LogP contribution in [0.25, 0.3) is 0 Å². The van der Waals surface area contributed by atoms with Gasteiger partial charge >= 0.3 is 0 Å². The van der Waals surface area contributed by atoms with E-state index < -0.39 is 0 Å². The highest BCUT2D eigenvalue weighted by Gasteiger charge is 2.34. The van der Waals surface area contributed by atoms with Gasteiger partial charge in [0.05, 0.1) is 31.9 Å². The SMILES string of the molecule is COc1ccc(C(CNC(=O)C2CC(=O)N(Cc3ccco3)C2)N(C)C)cc1. The molecule has 1 saturated heterocycles. The summed E-state index contributed by atoms with van der Waals surface area (Å²) >= 11 is 0. The highest BCUT2D eigenvalue weighted by Crippen LogP contribution is 2.23. The number of amides is 2. The number of ether oxygens (including phenoxy) is 1. The van der Waals surface area contributed by atoms with Crippen LogP contribution in [-0.2, 0) is 16.1 Å². The molecule has 1 fully saturated rings. The number of furan rings is 1. The molecule has 1 aromatic carbocycles. The lowest BCUT2D eigenvalue weighted by Crippen LogP contribution is -2.38. The van der Waals surface area contributed by atoms with Crippen LogP contribution < -0.4 is 10.1 Å². The quantitative estimate of drug-likeness (QED) is 0.753. The maximum atomic E-state index is 12.6. The molecular formula is C21H27N3O4. The fourth-order valence-electron chi connectivity index (χ4n) is 3.46. The van der Waals surface area contributed by atoms with Crippen LogP contribution in [0, 0.1) is 5.92 Å². The molecule has 1 aromatic heterocycles. The van der Waals surface area contributed by atoms with E-state index in [0.717, 1.165) is 17.1 Å². The van der Waals surface area contributed by atoms with Gasteiger partial charge in [-0.2, -0.15) is 0 Å². The number of likely N-dealkylation sites (tertiary alicyclic amines) is 1. The lowest BCUT2D eigenvalue weighted by Gasteiger charge is -2.26. The summed E-state index contributed by atoms with van der Waals surface area (Å²) in [6, 6.07) is 11.5. The normalized spacial score (nSPS) is 17.8. The van der Waals surface area contributed by atoms with Crippen molar-refractivity contribution < 1.29 is 18.7 Å². The standard InChI is InChI=1S/C21H27N3O4/c1-23(2)19(15-6-8-17(27-3)9-7-15)12-22-21(26)16-11-20(25)24(13-16)14-18-5-4-10-28-18/h4-10,16,19H,11-14H2,1-3H3,(H,22,26). The van der Waals surface area contributed by atoms with Gasteiger partial charge in [0.2, 0.25) is 11.8 Å². The zero-order valence-corrected chi connectivity index (χ0v) is 16.6. The summed E-state index contributed by atoms with van der Waals surface area (Å²) in [5.41, 5.74) is 1.09. The second kappa shape index (κ2) is 8.93. The molecule has 2 heterocycles. The van der Waals surface area contributed by atoms with Gasteiger partial charge in [-0.1, -0.05) is 12.1 Å². The first-order chi connectivity index (χ1) is 13.5. The van der Waals surface area contributed by atoms with Gasteiger partial charge in [-0.05, 0) is 43.9 Å². The van der Waals surface area contributed by atoms with E-state index in [1.54, 1.807) is 24.3 Å². The summed E-state index contributed by atoms with van der Waals surface area (Å²) in [5.74, 6) is 1.08. The van der Waals surface area contributed by atoms with Crippen LogP contribution in [0.4, 0.5) is 0 Å². The smallest absolute Gasteiger partial charge is 0.225 e. The molecule has 0 spiro atoms. The molecule has 0 saturated carbocycles. The molecule has 1 aliphatic heterocycles. The minimum Gasteiger partial charge on any atom is -0.497 e. The summed E-state index contributed by atoms with van der Waals surface area (Å²) in [4.78, 5) is 28.6. The number of carbonyl (C=O) groups is 2. The minimum atomic E-state index is -0.332. The van der Waals surface area contributed by atoms with Crippen LogP contribution >= 0.6 is 0 Å². The Bertz CT molecular complexity index is 786. The van der Waals surface area contributed by atoms with Crippen molar-refractivity contribution in [2.24, 2.45) is 5.92 Å². The van der Waals surface area contributed by atoms with E-state index in [0.29, 0.717) is 19.6 Å². The van der Waals surface area contributed by atoms with E-state index in [4.69, 9.17) is 9.15 Å². The fourth-order valence-corrected chi connectivity index (χ4v) is 3.46. The highest BCUT2D eigenvalue weighted by atomic mass is 16.5. The molecule has 2 unspecified atom stereocenters. The van der Waals surface area contributed by atoms with Gasteiger partial charge in [0.25, 0.3) is 0 Å². The van der Waals surface area contributed by atoms with Crippen LogP contribution in [0.1, 0.15) is 23.8 Å². The lowest BCUT2D eigenvalue weighted by molar-refractivity contribution is -0.129. The van der Waals surface area contributed by atoms with Gasteiger partial charge in [-0.15, -0.1) is 0 Å². The van der Waals surface area contributed by atoms with E-state index >= 15 is 0 Å². The number of likely N-dealkylation sites (N-methyl/N-ethyl adjacent to an activating group) is 1. The summed E-state index contributed by atoms with van der Waals surface area (Å²) < 4.78 is 10.5. The van der Waals surface area contributed by atoms with Gasteiger partial charge < -0.3 is 24.3 Å². The summed E-state index contributed by atoms with van der Waals surface area (Å²) in [6.45, 7) is 1.29. The Balaban J connectivity index is 1.56. The van der Waals surface area contributed by atoms with Gasteiger partial charge in [0.1, 0.15) is 11.5 Å². The largest absolute Gasteiger partial charge is 0.497 e. The summed E-state index contributed by atoms with van der Waals surface area (Å²) in [6.07, 6.45) is 1.82. The second-order valence-corrected chi connectivity index (χ2v) is 7.25. The predicted octanol–water partition coefficient (Wildman–Crippen LogP) is 2.06. The Kier molecular flexibility index (Phi) is 6.36. The van der Waals surface area contributed by atoms with Gasteiger partial charge in [0.15, 0.2) is 0 Å². The molecule has 0 bridgehead atoms. The Morgan fingerprint density at radius 3 is 2.68 bits per heavy atom. The molecule has 0 radical (unpaired) electrons. The number of nitrogens with one attached hydrogen (secondary N) is 1. The van der Waals surface area contributed by atoms with Crippen molar-refractivity contribution in [3.63, 3.8) is 0 Å². The third-order valence-corrected chi connectivity index (χ3v) is 5.11. The zero-order valence-electron chi connectivity index (χ0n) is 16.6. The minimum absolute atomic E-state index is 0.0177. The molecule has 2 amide bonds. The highest BCUT2D eigenvalue weighted by molar-refractivity contribution is 5.89. The van der Waals surface area contributed by atoms with Crippen LogP contribution in [0.3, 0.4) is 0 Å². The molecule has 0 aliphatic carbocycles. The first-order valence-corrected chi connectivity index (χ1v) is 9.36. The molecule has 2 aromatic rings. The van der Waals surface area contributed by atoms with Gasteiger partial charge in [-0.3, -0.25) is 9.59 Å². The van der Waals surface area contributed by atoms with Crippen molar-refractivity contribution in [1.29, 1.82) is 0 Å². The Labute approximate surface area is 165 Å². The number of benzene rings is 1. The van der Waals surface area contributed by atoms with E-state index in [1.165, 1.54) is 0 Å². The molecule has 150 valence electrons.